The van der Waals surface area contributed by atoms with Crippen LogP contribution in [-0.2, 0) is 4.74 Å². The maximum atomic E-state index is 5.68. The molecule has 15 heavy (non-hydrogen) atoms. The lowest BCUT2D eigenvalue weighted by Crippen LogP contribution is -2.43. The van der Waals surface area contributed by atoms with Crippen molar-refractivity contribution in [3.8, 4) is 0 Å². The van der Waals surface area contributed by atoms with Crippen LogP contribution in [0.3, 0.4) is 0 Å². The zero-order valence-corrected chi connectivity index (χ0v) is 9.80. The topological polar surface area (TPSA) is 33.3 Å². The summed E-state index contributed by atoms with van der Waals surface area (Å²) in [5.41, 5.74) is 0. The van der Waals surface area contributed by atoms with Crippen molar-refractivity contribution < 1.29 is 4.74 Å². The molecule has 0 radical (unpaired) electrons. The lowest BCUT2D eigenvalue weighted by atomic mass is 9.98. The maximum Gasteiger partial charge on any atom is 0.0613 e. The fraction of sp³-hybridized carbons (Fsp3) is 1.00. The third-order valence-electron chi connectivity index (χ3n) is 3.75. The van der Waals surface area contributed by atoms with Crippen LogP contribution in [0.25, 0.3) is 0 Å². The van der Waals surface area contributed by atoms with E-state index < -0.39 is 0 Å². The van der Waals surface area contributed by atoms with Crippen molar-refractivity contribution in [3.63, 3.8) is 0 Å². The zero-order chi connectivity index (χ0) is 10.5. The highest BCUT2D eigenvalue weighted by atomic mass is 16.5. The van der Waals surface area contributed by atoms with Crippen LogP contribution in [0, 0.1) is 11.8 Å². The van der Waals surface area contributed by atoms with E-state index in [1.165, 1.54) is 38.9 Å². The van der Waals surface area contributed by atoms with Crippen molar-refractivity contribution in [2.75, 3.05) is 32.8 Å². The summed E-state index contributed by atoms with van der Waals surface area (Å²) in [6, 6.07) is 0. The van der Waals surface area contributed by atoms with E-state index in [0.29, 0.717) is 6.10 Å². The van der Waals surface area contributed by atoms with Crippen LogP contribution in [0.1, 0.15) is 26.2 Å². The molecule has 2 N–H and O–H groups in total. The van der Waals surface area contributed by atoms with Gasteiger partial charge in [-0.25, -0.2) is 0 Å². The summed E-state index contributed by atoms with van der Waals surface area (Å²) >= 11 is 0. The Bertz CT molecular complexity index is 182. The molecule has 88 valence electrons. The molecular weight excluding hydrogens is 188 g/mol. The van der Waals surface area contributed by atoms with Crippen LogP contribution in [-0.4, -0.2) is 38.9 Å². The smallest absolute Gasteiger partial charge is 0.0613 e. The van der Waals surface area contributed by atoms with Gasteiger partial charge in [0.15, 0.2) is 0 Å². The highest BCUT2D eigenvalue weighted by Gasteiger charge is 2.26. The molecular formula is C12H24N2O. The molecule has 2 heterocycles. The minimum atomic E-state index is 0.517. The van der Waals surface area contributed by atoms with Gasteiger partial charge in [-0.05, 0) is 50.7 Å². The second-order valence-electron chi connectivity index (χ2n) is 4.88. The number of hydrogen-bond acceptors (Lipinski definition) is 3. The van der Waals surface area contributed by atoms with Gasteiger partial charge in [0, 0.05) is 13.2 Å². The molecule has 0 aromatic rings. The SMILES string of the molecule is CCC1OCCC1CNCCC1CNC1. The minimum Gasteiger partial charge on any atom is -0.378 e. The molecule has 3 nitrogen and oxygen atoms in total. The Balaban J connectivity index is 1.52. The summed E-state index contributed by atoms with van der Waals surface area (Å²) in [4.78, 5) is 0. The summed E-state index contributed by atoms with van der Waals surface area (Å²) in [6.45, 7) is 7.98. The van der Waals surface area contributed by atoms with E-state index in [1.807, 2.05) is 0 Å². The molecule has 0 saturated carbocycles. The lowest BCUT2D eigenvalue weighted by molar-refractivity contribution is 0.0872. The first-order valence-corrected chi connectivity index (χ1v) is 6.43. The molecule has 2 aliphatic heterocycles. The fourth-order valence-electron chi connectivity index (χ4n) is 2.52. The average molecular weight is 212 g/mol. The Kier molecular flexibility index (Phi) is 4.42. The summed E-state index contributed by atoms with van der Waals surface area (Å²) < 4.78 is 5.68. The Morgan fingerprint density at radius 3 is 2.93 bits per heavy atom. The first-order chi connectivity index (χ1) is 7.40. The van der Waals surface area contributed by atoms with E-state index in [0.717, 1.165) is 25.0 Å². The Hall–Kier alpha value is -0.120. The number of ether oxygens (including phenoxy) is 1. The first-order valence-electron chi connectivity index (χ1n) is 6.43. The summed E-state index contributed by atoms with van der Waals surface area (Å²) in [6.07, 6.45) is 4.26. The number of hydrogen-bond donors (Lipinski definition) is 2. The quantitative estimate of drug-likeness (QED) is 0.645. The molecule has 2 rings (SSSR count). The van der Waals surface area contributed by atoms with Crippen molar-refractivity contribution in [2.45, 2.75) is 32.3 Å². The molecule has 2 saturated heterocycles. The van der Waals surface area contributed by atoms with Crippen molar-refractivity contribution in [1.82, 2.24) is 10.6 Å². The van der Waals surface area contributed by atoms with Gasteiger partial charge < -0.3 is 15.4 Å². The van der Waals surface area contributed by atoms with Crippen LogP contribution in [0.15, 0.2) is 0 Å². The average Bonchev–Trinajstić information content (AvgIpc) is 2.62. The van der Waals surface area contributed by atoms with Gasteiger partial charge in [-0.2, -0.15) is 0 Å². The monoisotopic (exact) mass is 212 g/mol. The highest BCUT2D eigenvalue weighted by Crippen LogP contribution is 2.22. The van der Waals surface area contributed by atoms with Gasteiger partial charge >= 0.3 is 0 Å². The van der Waals surface area contributed by atoms with Gasteiger partial charge in [0.05, 0.1) is 6.10 Å². The molecule has 3 heteroatoms. The normalized spacial score (nSPS) is 31.8. The first kappa shape index (κ1) is 11.4. The molecule has 0 spiro atoms. The van der Waals surface area contributed by atoms with Crippen molar-refractivity contribution in [2.24, 2.45) is 11.8 Å². The molecule has 0 aromatic heterocycles. The maximum absolute atomic E-state index is 5.68. The van der Waals surface area contributed by atoms with Gasteiger partial charge in [-0.1, -0.05) is 6.92 Å². The molecule has 0 bridgehead atoms. The van der Waals surface area contributed by atoms with E-state index >= 15 is 0 Å². The van der Waals surface area contributed by atoms with E-state index in [1.54, 1.807) is 0 Å². The molecule has 2 unspecified atom stereocenters. The van der Waals surface area contributed by atoms with Crippen molar-refractivity contribution >= 4 is 0 Å². The van der Waals surface area contributed by atoms with E-state index in [4.69, 9.17) is 4.74 Å². The Morgan fingerprint density at radius 2 is 2.27 bits per heavy atom. The molecule has 2 aliphatic rings. The second-order valence-corrected chi connectivity index (χ2v) is 4.88. The van der Waals surface area contributed by atoms with Gasteiger partial charge in [-0.3, -0.25) is 0 Å². The van der Waals surface area contributed by atoms with Crippen LogP contribution in [0.5, 0.6) is 0 Å². The van der Waals surface area contributed by atoms with Crippen molar-refractivity contribution in [3.05, 3.63) is 0 Å². The van der Waals surface area contributed by atoms with Gasteiger partial charge in [0.2, 0.25) is 0 Å². The number of rotatable bonds is 6. The predicted molar refractivity (Wildman–Crippen MR) is 62.0 cm³/mol. The van der Waals surface area contributed by atoms with Gasteiger partial charge in [0.25, 0.3) is 0 Å². The molecule has 0 amide bonds. The van der Waals surface area contributed by atoms with Gasteiger partial charge in [0.1, 0.15) is 0 Å². The molecule has 0 aromatic carbocycles. The van der Waals surface area contributed by atoms with E-state index in [9.17, 15) is 0 Å². The van der Waals surface area contributed by atoms with Crippen LogP contribution in [0.4, 0.5) is 0 Å². The summed E-state index contributed by atoms with van der Waals surface area (Å²) in [7, 11) is 0. The highest BCUT2D eigenvalue weighted by molar-refractivity contribution is 4.78. The van der Waals surface area contributed by atoms with E-state index in [2.05, 4.69) is 17.6 Å². The van der Waals surface area contributed by atoms with Gasteiger partial charge in [-0.15, -0.1) is 0 Å². The molecule has 2 fully saturated rings. The summed E-state index contributed by atoms with van der Waals surface area (Å²) in [5.74, 6) is 1.69. The molecule has 2 atom stereocenters. The standard InChI is InChI=1S/C12H24N2O/c1-2-12-11(4-6-15-12)9-13-5-3-10-7-14-8-10/h10-14H,2-9H2,1H3. The Labute approximate surface area is 93.0 Å². The third-order valence-corrected chi connectivity index (χ3v) is 3.75. The van der Waals surface area contributed by atoms with E-state index in [-0.39, 0.29) is 0 Å². The van der Waals surface area contributed by atoms with Crippen LogP contribution in [0.2, 0.25) is 0 Å². The third kappa shape index (κ3) is 3.16. The lowest BCUT2D eigenvalue weighted by Gasteiger charge is -2.27. The summed E-state index contributed by atoms with van der Waals surface area (Å²) in [5, 5.41) is 6.89. The minimum absolute atomic E-state index is 0.517. The fourth-order valence-corrected chi connectivity index (χ4v) is 2.52. The number of nitrogens with one attached hydrogen (secondary N) is 2. The zero-order valence-electron chi connectivity index (χ0n) is 9.80. The predicted octanol–water partition coefficient (Wildman–Crippen LogP) is 1.00. The van der Waals surface area contributed by atoms with Crippen LogP contribution < -0.4 is 10.6 Å². The Morgan fingerprint density at radius 1 is 1.40 bits per heavy atom. The largest absolute Gasteiger partial charge is 0.378 e. The molecule has 0 aliphatic carbocycles. The van der Waals surface area contributed by atoms with Crippen LogP contribution >= 0.6 is 0 Å². The second kappa shape index (κ2) is 5.83. The van der Waals surface area contributed by atoms with Crippen molar-refractivity contribution in [1.29, 1.82) is 0 Å².